The lowest BCUT2D eigenvalue weighted by Gasteiger charge is -2.21. The lowest BCUT2D eigenvalue weighted by atomic mass is 10.1. The number of amides is 1. The Balaban J connectivity index is 1.20. The van der Waals surface area contributed by atoms with Crippen molar-refractivity contribution in [3.05, 3.63) is 83.6 Å². The van der Waals surface area contributed by atoms with Crippen LogP contribution >= 0.6 is 35.6 Å². The fraction of sp³-hybridized carbons (Fsp3) is 0.233. The molecule has 0 bridgehead atoms. The third-order valence-corrected chi connectivity index (χ3v) is 8.10. The van der Waals surface area contributed by atoms with Crippen LogP contribution in [0.15, 0.2) is 78.0 Å². The lowest BCUT2D eigenvalue weighted by molar-refractivity contribution is -0.360. The van der Waals surface area contributed by atoms with Gasteiger partial charge in [0, 0.05) is 16.6 Å². The molecular formula is C30H22ClF8N7O3S2. The van der Waals surface area contributed by atoms with E-state index in [2.05, 4.69) is 30.7 Å². The maximum atomic E-state index is 13.2. The number of halogens is 9. The number of benzene rings is 3. The van der Waals surface area contributed by atoms with Gasteiger partial charge in [0.25, 0.3) is 0 Å². The van der Waals surface area contributed by atoms with Gasteiger partial charge in [-0.05, 0) is 67.2 Å². The number of rotatable bonds is 10. The zero-order chi connectivity index (χ0) is 37.1. The van der Waals surface area contributed by atoms with E-state index in [1.54, 1.807) is 31.2 Å². The minimum absolute atomic E-state index is 0.0243. The maximum absolute atomic E-state index is 13.2. The SMILES string of the molecule is CC(NNC(=S)N=C1SCC(=O)N1c1cc(Cl)ccc1OCC(F)(F)F)c1ccc(-c2ncn(-c3ccc(OC(F)(F)C(F)(F)F)cc3)n2)cc1. The summed E-state index contributed by atoms with van der Waals surface area (Å²) in [5, 5.41) is 4.49. The molecule has 1 saturated heterocycles. The first-order valence-corrected chi connectivity index (χ1v) is 16.0. The number of anilines is 1. The summed E-state index contributed by atoms with van der Waals surface area (Å²) >= 11 is 12.4. The topological polar surface area (TPSA) is 106 Å². The number of alkyl halides is 8. The van der Waals surface area contributed by atoms with Crippen molar-refractivity contribution in [2.24, 2.45) is 4.99 Å². The second-order valence-corrected chi connectivity index (χ2v) is 12.2. The van der Waals surface area contributed by atoms with E-state index in [4.69, 9.17) is 28.6 Å². The van der Waals surface area contributed by atoms with Crippen LogP contribution in [0.4, 0.5) is 40.8 Å². The molecule has 1 amide bonds. The molecule has 10 nitrogen and oxygen atoms in total. The number of nitrogens with one attached hydrogen (secondary N) is 2. The minimum Gasteiger partial charge on any atom is -0.482 e. The van der Waals surface area contributed by atoms with Gasteiger partial charge in [-0.3, -0.25) is 15.1 Å². The Labute approximate surface area is 297 Å². The van der Waals surface area contributed by atoms with E-state index in [0.717, 1.165) is 34.4 Å². The summed E-state index contributed by atoms with van der Waals surface area (Å²) in [4.78, 5) is 22.3. The number of hydrogen-bond donors (Lipinski definition) is 2. The average Bonchev–Trinajstić information content (AvgIpc) is 3.69. The summed E-state index contributed by atoms with van der Waals surface area (Å²) in [5.74, 6) is -1.15. The van der Waals surface area contributed by atoms with Crippen molar-refractivity contribution in [1.29, 1.82) is 0 Å². The number of carbonyl (C=O) groups excluding carboxylic acids is 1. The molecule has 2 N–H and O–H groups in total. The van der Waals surface area contributed by atoms with Crippen LogP contribution in [0, 0.1) is 0 Å². The molecule has 1 aliphatic heterocycles. The molecule has 1 fully saturated rings. The van der Waals surface area contributed by atoms with Crippen molar-refractivity contribution in [3.63, 3.8) is 0 Å². The van der Waals surface area contributed by atoms with Crippen molar-refractivity contribution >= 4 is 57.5 Å². The standard InChI is InChI=1S/C30H22ClF8N7O3S2/c1-16(42-43-26(50)41-27-46(24(47)13-51-27)22-12-19(31)6-11-23(22)48-14-28(32,33)34)17-2-4-18(5-3-17)25-40-15-45(44-25)20-7-9-21(10-8-20)49-30(38,39)29(35,36)37/h2-12,15-16,42H,13-14H2,1H3,(H,43,50). The molecule has 51 heavy (non-hydrogen) atoms. The number of aromatic nitrogens is 3. The fourth-order valence-corrected chi connectivity index (χ4v) is 5.55. The molecule has 0 saturated carbocycles. The number of thioether (sulfide) groups is 1. The average molecular weight is 780 g/mol. The zero-order valence-corrected chi connectivity index (χ0v) is 28.0. The number of thiocarbonyl (C=S) groups is 1. The van der Waals surface area contributed by atoms with E-state index in [9.17, 15) is 39.9 Å². The number of hydrogen-bond acceptors (Lipinski definition) is 8. The van der Waals surface area contributed by atoms with E-state index >= 15 is 0 Å². The van der Waals surface area contributed by atoms with E-state index in [-0.39, 0.29) is 38.5 Å². The van der Waals surface area contributed by atoms with E-state index in [0.29, 0.717) is 17.1 Å². The molecule has 1 aliphatic rings. The number of amidine groups is 1. The van der Waals surface area contributed by atoms with E-state index in [1.165, 1.54) is 41.3 Å². The van der Waals surface area contributed by atoms with Crippen LogP contribution in [0.5, 0.6) is 11.5 Å². The monoisotopic (exact) mass is 779 g/mol. The van der Waals surface area contributed by atoms with Gasteiger partial charge in [-0.2, -0.15) is 40.1 Å². The van der Waals surface area contributed by atoms with Gasteiger partial charge in [0.05, 0.1) is 17.1 Å². The molecule has 5 rings (SSSR count). The molecule has 0 spiro atoms. The van der Waals surface area contributed by atoms with Crippen LogP contribution < -0.4 is 25.2 Å². The highest BCUT2D eigenvalue weighted by Crippen LogP contribution is 2.38. The molecule has 2 heterocycles. The molecular weight excluding hydrogens is 758 g/mol. The lowest BCUT2D eigenvalue weighted by Crippen LogP contribution is -2.41. The second-order valence-electron chi connectivity index (χ2n) is 10.5. The van der Waals surface area contributed by atoms with Gasteiger partial charge in [-0.25, -0.2) is 15.1 Å². The van der Waals surface area contributed by atoms with Crippen LogP contribution in [-0.2, 0) is 4.79 Å². The molecule has 1 atom stereocenters. The second kappa shape index (κ2) is 15.0. The van der Waals surface area contributed by atoms with Gasteiger partial charge >= 0.3 is 18.5 Å². The Morgan fingerprint density at radius 3 is 2.37 bits per heavy atom. The van der Waals surface area contributed by atoms with Crippen LogP contribution in [0.3, 0.4) is 0 Å². The first-order valence-electron chi connectivity index (χ1n) is 14.3. The third kappa shape index (κ3) is 9.43. The zero-order valence-electron chi connectivity index (χ0n) is 25.6. The predicted octanol–water partition coefficient (Wildman–Crippen LogP) is 7.64. The van der Waals surface area contributed by atoms with Crippen molar-refractivity contribution < 1.29 is 49.4 Å². The van der Waals surface area contributed by atoms with Gasteiger partial charge in [-0.15, -0.1) is 5.10 Å². The molecule has 0 radical (unpaired) electrons. The van der Waals surface area contributed by atoms with Gasteiger partial charge in [0.1, 0.15) is 17.8 Å². The molecule has 3 aromatic carbocycles. The van der Waals surface area contributed by atoms with E-state index < -0.39 is 36.7 Å². The largest absolute Gasteiger partial charge is 0.499 e. The highest BCUT2D eigenvalue weighted by atomic mass is 35.5. The minimum atomic E-state index is -5.87. The number of carbonyl (C=O) groups is 1. The number of ether oxygens (including phenoxy) is 2. The molecule has 21 heteroatoms. The number of aliphatic imine (C=N–C) groups is 1. The predicted molar refractivity (Wildman–Crippen MR) is 176 cm³/mol. The Bertz CT molecular complexity index is 1920. The van der Waals surface area contributed by atoms with Crippen LogP contribution in [0.25, 0.3) is 17.1 Å². The highest BCUT2D eigenvalue weighted by Gasteiger charge is 2.61. The summed E-state index contributed by atoms with van der Waals surface area (Å²) < 4.78 is 112. The Hall–Kier alpha value is -4.53. The van der Waals surface area contributed by atoms with Gasteiger partial charge < -0.3 is 9.47 Å². The van der Waals surface area contributed by atoms with Gasteiger partial charge in [0.2, 0.25) is 11.0 Å². The summed E-state index contributed by atoms with van der Waals surface area (Å²) in [5.41, 5.74) is 7.41. The highest BCUT2D eigenvalue weighted by molar-refractivity contribution is 8.15. The van der Waals surface area contributed by atoms with E-state index in [1.807, 2.05) is 0 Å². The Kier molecular flexibility index (Phi) is 11.1. The van der Waals surface area contributed by atoms with Crippen molar-refractivity contribution in [3.8, 4) is 28.6 Å². The Morgan fingerprint density at radius 2 is 1.73 bits per heavy atom. The molecule has 4 aromatic rings. The molecule has 1 unspecified atom stereocenters. The first kappa shape index (κ1) is 37.7. The summed E-state index contributed by atoms with van der Waals surface area (Å²) in [6.07, 6.45) is -14.5. The van der Waals surface area contributed by atoms with Crippen LogP contribution in [-0.4, -0.2) is 61.8 Å². The Morgan fingerprint density at radius 1 is 1.04 bits per heavy atom. The summed E-state index contributed by atoms with van der Waals surface area (Å²) in [7, 11) is 0. The van der Waals surface area contributed by atoms with Gasteiger partial charge in [-0.1, -0.05) is 47.6 Å². The van der Waals surface area contributed by atoms with Crippen molar-refractivity contribution in [2.45, 2.75) is 31.4 Å². The summed E-state index contributed by atoms with van der Waals surface area (Å²) in [6.45, 7) is 0.224. The number of nitrogens with zero attached hydrogens (tertiary/aromatic N) is 5. The van der Waals surface area contributed by atoms with Crippen molar-refractivity contribution in [2.75, 3.05) is 17.3 Å². The molecule has 0 aliphatic carbocycles. The smallest absolute Gasteiger partial charge is 0.482 e. The van der Waals surface area contributed by atoms with Gasteiger partial charge in [0.15, 0.2) is 17.6 Å². The molecule has 270 valence electrons. The molecule has 1 aromatic heterocycles. The van der Waals surface area contributed by atoms with Crippen LogP contribution in [0.2, 0.25) is 5.02 Å². The van der Waals surface area contributed by atoms with Crippen LogP contribution in [0.1, 0.15) is 18.5 Å². The summed E-state index contributed by atoms with van der Waals surface area (Å²) in [6, 6.07) is 14.8. The maximum Gasteiger partial charge on any atom is 0.499 e. The first-order chi connectivity index (χ1) is 23.9. The van der Waals surface area contributed by atoms with Crippen molar-refractivity contribution in [1.82, 2.24) is 25.6 Å². The number of hydrazine groups is 1. The quantitative estimate of drug-likeness (QED) is 0.0955. The third-order valence-electron chi connectivity index (χ3n) is 6.75. The fourth-order valence-electron chi connectivity index (χ4n) is 4.31. The normalized spacial score (nSPS) is 15.3.